The number of hydrogen-bond donors (Lipinski definition) is 1. The predicted molar refractivity (Wildman–Crippen MR) is 117 cm³/mol. The Morgan fingerprint density at radius 1 is 0.676 bits per heavy atom. The third-order valence-corrected chi connectivity index (χ3v) is 3.62. The molecule has 0 aliphatic heterocycles. The molecule has 0 atom stereocenters. The van der Waals surface area contributed by atoms with Gasteiger partial charge < -0.3 is 46.0 Å². The number of aromatic nitrogens is 1. The van der Waals surface area contributed by atoms with Crippen molar-refractivity contribution in [2.45, 2.75) is 0 Å². The van der Waals surface area contributed by atoms with Gasteiger partial charge in [0.15, 0.2) is 0 Å². The van der Waals surface area contributed by atoms with Crippen LogP contribution in [0, 0.1) is 0 Å². The first-order valence-electron chi connectivity index (χ1n) is 8.69. The van der Waals surface area contributed by atoms with Crippen LogP contribution in [-0.2, 0) is 27.7 Å². The summed E-state index contributed by atoms with van der Waals surface area (Å²) in [6, 6.07) is 15.2. The minimum atomic E-state index is -1.17. The third kappa shape index (κ3) is 12.8. The number of carboxylic acids is 2. The fourth-order valence-electron chi connectivity index (χ4n) is 1.97. The van der Waals surface area contributed by atoms with Gasteiger partial charge in [0.2, 0.25) is 5.91 Å². The van der Waals surface area contributed by atoms with Crippen LogP contribution in [0.25, 0.3) is 0 Å². The van der Waals surface area contributed by atoms with Crippen LogP contribution in [0.3, 0.4) is 0 Å². The van der Waals surface area contributed by atoms with Gasteiger partial charge in [-0.15, -0.1) is 0 Å². The molecule has 8 N–H and O–H groups in total. The maximum absolute atomic E-state index is 10.4. The number of carbonyl (C=O) groups excluding carboxylic acids is 3. The summed E-state index contributed by atoms with van der Waals surface area (Å²) in [5.41, 5.74) is 5.75. The topological polar surface area (TPSA) is 221 Å². The molecular formula is C22H26CoN2O9+2. The van der Waals surface area contributed by atoms with Gasteiger partial charge in [-0.3, -0.25) is 9.78 Å². The Hall–Kier alpha value is -3.97. The van der Waals surface area contributed by atoms with Crippen LogP contribution in [0.5, 0.6) is 11.5 Å². The van der Waals surface area contributed by atoms with E-state index in [2.05, 4.69) is 4.98 Å². The van der Waals surface area contributed by atoms with Gasteiger partial charge in [-0.2, -0.15) is 0 Å². The van der Waals surface area contributed by atoms with Crippen LogP contribution in [0.15, 0.2) is 73.1 Å². The van der Waals surface area contributed by atoms with Crippen molar-refractivity contribution >= 4 is 17.8 Å². The molecule has 0 aliphatic carbocycles. The average molecular weight is 521 g/mol. The molecule has 0 saturated heterocycles. The zero-order valence-electron chi connectivity index (χ0n) is 18.3. The molecule has 0 unspecified atom stereocenters. The smallest absolute Gasteiger partial charge is 0.545 e. The second-order valence-electron chi connectivity index (χ2n) is 5.63. The molecule has 11 nitrogen and oxygen atoms in total. The van der Waals surface area contributed by atoms with Crippen molar-refractivity contribution in [3.63, 3.8) is 0 Å². The first-order chi connectivity index (χ1) is 14.8. The van der Waals surface area contributed by atoms with Crippen molar-refractivity contribution in [3.05, 3.63) is 89.7 Å². The molecule has 34 heavy (non-hydrogen) atoms. The Kier molecular flexibility index (Phi) is 18.9. The van der Waals surface area contributed by atoms with Crippen LogP contribution in [0.1, 0.15) is 31.1 Å². The van der Waals surface area contributed by atoms with E-state index in [0.717, 1.165) is 0 Å². The quantitative estimate of drug-likeness (QED) is 0.386. The summed E-state index contributed by atoms with van der Waals surface area (Å²) in [6.07, 6.45) is 3.06. The SMILES string of the molecule is COc1ccc(C(=O)[O-])cc1.COc1ccc(C(=O)[O-])cc1.NC(=O)c1ccncc1.[Co+2].[OH3+].[OH3+]. The Bertz CT molecular complexity index is 926. The summed E-state index contributed by atoms with van der Waals surface area (Å²) >= 11 is 0. The maximum atomic E-state index is 10.4. The van der Waals surface area contributed by atoms with Crippen LogP contribution < -0.4 is 25.4 Å². The number of aromatic carboxylic acids is 2. The van der Waals surface area contributed by atoms with Crippen molar-refractivity contribution in [1.82, 2.24) is 4.98 Å². The van der Waals surface area contributed by atoms with Crippen molar-refractivity contribution in [2.75, 3.05) is 14.2 Å². The Morgan fingerprint density at radius 2 is 1.00 bits per heavy atom. The fraction of sp³-hybridized carbons (Fsp3) is 0.0909. The van der Waals surface area contributed by atoms with Gasteiger partial charge in [0.25, 0.3) is 0 Å². The van der Waals surface area contributed by atoms with Crippen molar-refractivity contribution in [3.8, 4) is 11.5 Å². The molecule has 12 heteroatoms. The molecule has 185 valence electrons. The van der Waals surface area contributed by atoms with Crippen molar-refractivity contribution < 1.29 is 61.8 Å². The molecule has 1 aromatic heterocycles. The first kappa shape index (κ1) is 34.6. The van der Waals surface area contributed by atoms with Gasteiger partial charge in [-0.25, -0.2) is 0 Å². The number of methoxy groups -OCH3 is 2. The van der Waals surface area contributed by atoms with E-state index in [0.29, 0.717) is 17.1 Å². The number of pyridine rings is 1. The van der Waals surface area contributed by atoms with E-state index in [1.54, 1.807) is 36.4 Å². The number of hydrogen-bond acceptors (Lipinski definition) is 8. The fourth-order valence-corrected chi connectivity index (χ4v) is 1.97. The summed E-state index contributed by atoms with van der Waals surface area (Å²) in [7, 11) is 3.04. The number of nitrogens with two attached hydrogens (primary N) is 1. The Labute approximate surface area is 206 Å². The van der Waals surface area contributed by atoms with Crippen LogP contribution in [0.4, 0.5) is 0 Å². The number of carboxylic acid groups (broad SMARTS) is 2. The number of amides is 1. The molecule has 0 spiro atoms. The van der Waals surface area contributed by atoms with E-state index < -0.39 is 17.8 Å². The predicted octanol–water partition coefficient (Wildman–Crippen LogP) is -1.55. The van der Waals surface area contributed by atoms with Crippen molar-refractivity contribution in [2.24, 2.45) is 5.73 Å². The minimum absolute atomic E-state index is 0. The molecular weight excluding hydrogens is 495 g/mol. The zero-order chi connectivity index (χ0) is 23.2. The van der Waals surface area contributed by atoms with E-state index in [9.17, 15) is 24.6 Å². The van der Waals surface area contributed by atoms with Gasteiger partial charge in [-0.1, -0.05) is 0 Å². The monoisotopic (exact) mass is 521 g/mol. The maximum Gasteiger partial charge on any atom is 2.00 e. The van der Waals surface area contributed by atoms with Gasteiger partial charge in [0.1, 0.15) is 11.5 Å². The molecule has 0 aliphatic rings. The second kappa shape index (κ2) is 18.6. The summed E-state index contributed by atoms with van der Waals surface area (Å²) < 4.78 is 9.67. The van der Waals surface area contributed by atoms with Gasteiger partial charge in [0.05, 0.1) is 26.2 Å². The molecule has 0 saturated carbocycles. The van der Waals surface area contributed by atoms with Gasteiger partial charge in [0, 0.05) is 18.0 Å². The third-order valence-electron chi connectivity index (χ3n) is 3.62. The standard InChI is InChI=1S/2C8H8O3.C6H6N2O.Co.2H2O/c2*1-11-7-4-2-6(3-5-7)8(9)10;7-6(9)5-1-3-8-4-2-5;;;/h2*2-5H,1H3,(H,9,10);1-4H,(H2,7,9);;2*1H2/q;;;+2;;. The molecule has 3 rings (SSSR count). The summed E-state index contributed by atoms with van der Waals surface area (Å²) in [5, 5.41) is 20.5. The number of benzene rings is 2. The molecule has 1 amide bonds. The van der Waals surface area contributed by atoms with Crippen LogP contribution in [-0.4, -0.2) is 37.0 Å². The molecule has 2 aromatic carbocycles. The normalized spacial score (nSPS) is 8.29. The Balaban J connectivity index is -0.000000408. The molecule has 1 radical (unpaired) electrons. The Morgan fingerprint density at radius 3 is 1.21 bits per heavy atom. The average Bonchev–Trinajstić information content (AvgIpc) is 2.80. The first-order valence-corrected chi connectivity index (χ1v) is 8.69. The summed E-state index contributed by atoms with van der Waals surface area (Å²) in [5.74, 6) is -1.50. The van der Waals surface area contributed by atoms with Crippen LogP contribution >= 0.6 is 0 Å². The van der Waals surface area contributed by atoms with Gasteiger partial charge >= 0.3 is 16.8 Å². The molecule has 1 heterocycles. The zero-order valence-corrected chi connectivity index (χ0v) is 19.3. The van der Waals surface area contributed by atoms with E-state index in [1.807, 2.05) is 0 Å². The number of ether oxygens (including phenoxy) is 2. The second-order valence-corrected chi connectivity index (χ2v) is 5.63. The molecule has 0 fully saturated rings. The number of nitrogens with zero attached hydrogens (tertiary/aromatic N) is 1. The van der Waals surface area contributed by atoms with E-state index in [1.165, 1.54) is 50.9 Å². The minimum Gasteiger partial charge on any atom is -0.545 e. The van der Waals surface area contributed by atoms with Gasteiger partial charge in [-0.05, 0) is 71.8 Å². The summed E-state index contributed by atoms with van der Waals surface area (Å²) in [6.45, 7) is 0. The van der Waals surface area contributed by atoms with E-state index in [4.69, 9.17) is 15.2 Å². The van der Waals surface area contributed by atoms with Crippen molar-refractivity contribution in [1.29, 1.82) is 0 Å². The van der Waals surface area contributed by atoms with E-state index in [-0.39, 0.29) is 38.9 Å². The van der Waals surface area contributed by atoms with E-state index >= 15 is 0 Å². The number of rotatable bonds is 5. The molecule has 0 bridgehead atoms. The summed E-state index contributed by atoms with van der Waals surface area (Å²) in [4.78, 5) is 34.6. The largest absolute Gasteiger partial charge is 2.00 e. The van der Waals surface area contributed by atoms with Crippen LogP contribution in [0.2, 0.25) is 0 Å². The number of primary amides is 1. The molecule has 3 aromatic rings. The number of carbonyl (C=O) groups is 3.